The molecule has 0 radical (unpaired) electrons. The maximum atomic E-state index is 14.3. The summed E-state index contributed by atoms with van der Waals surface area (Å²) in [5.41, 5.74) is -0.530. The Morgan fingerprint density at radius 1 is 0.691 bits per heavy atom. The summed E-state index contributed by atoms with van der Waals surface area (Å²) in [4.78, 5) is 0. The third-order valence-corrected chi connectivity index (χ3v) is 12.5. The lowest BCUT2D eigenvalue weighted by Crippen LogP contribution is -2.64. The molecule has 3 aliphatic carbocycles. The highest BCUT2D eigenvalue weighted by molar-refractivity contribution is 5.18. The van der Waals surface area contributed by atoms with E-state index in [-0.39, 0.29) is 12.8 Å². The van der Waals surface area contributed by atoms with E-state index in [4.69, 9.17) is 9.47 Å². The molecule has 1 heterocycles. The molecule has 3 saturated carbocycles. The number of hydrogen-bond donors (Lipinski definition) is 7. The Hall–Kier alpha value is -0.640. The summed E-state index contributed by atoms with van der Waals surface area (Å²) in [5.74, 6) is 0. The van der Waals surface area contributed by atoms with Gasteiger partial charge in [-0.1, -0.05) is 142 Å². The molecule has 55 heavy (non-hydrogen) atoms. The van der Waals surface area contributed by atoms with Crippen molar-refractivity contribution in [2.24, 2.45) is 5.41 Å². The monoisotopic (exact) mass is 800 g/mol. The lowest BCUT2D eigenvalue weighted by Gasteiger charge is -2.66. The van der Waals surface area contributed by atoms with Crippen molar-refractivity contribution in [2.75, 3.05) is 13.2 Å². The summed E-state index contributed by atoms with van der Waals surface area (Å²) in [6.45, 7) is 0.898. The molecule has 13 heteroatoms. The molecule has 9 atom stereocenters. The highest BCUT2D eigenvalue weighted by Crippen LogP contribution is 2.71. The number of rotatable bonds is 33. The van der Waals surface area contributed by atoms with Crippen molar-refractivity contribution in [3.63, 3.8) is 0 Å². The van der Waals surface area contributed by atoms with Gasteiger partial charge in [0.05, 0.1) is 31.5 Å². The van der Waals surface area contributed by atoms with E-state index in [0.717, 1.165) is 96.3 Å². The van der Waals surface area contributed by atoms with Gasteiger partial charge in [-0.15, -0.1) is 0 Å². The lowest BCUT2D eigenvalue weighted by atomic mass is 9.41. The minimum atomic E-state index is -4.65. The average molecular weight is 800 g/mol. The molecule has 1 aliphatic heterocycles. The van der Waals surface area contributed by atoms with Crippen molar-refractivity contribution in [1.29, 1.82) is 0 Å². The summed E-state index contributed by atoms with van der Waals surface area (Å²) in [5, 5.41) is 64.8. The minimum Gasteiger partial charge on any atom is -0.394 e. The zero-order valence-electron chi connectivity index (χ0n) is 33.7. The van der Waals surface area contributed by atoms with Gasteiger partial charge in [0, 0.05) is 0 Å². The van der Waals surface area contributed by atoms with Crippen LogP contribution in [0.25, 0.3) is 0 Å². The van der Waals surface area contributed by atoms with Crippen LogP contribution in [-0.2, 0) is 9.47 Å². The average Bonchev–Trinajstić information content (AvgIpc) is 3.12. The Kier molecular flexibility index (Phi) is 22.2. The fourth-order valence-corrected chi connectivity index (χ4v) is 9.09. The van der Waals surface area contributed by atoms with E-state index < -0.39 is 80.1 Å². The van der Waals surface area contributed by atoms with E-state index in [0.29, 0.717) is 24.7 Å². The van der Waals surface area contributed by atoms with Crippen molar-refractivity contribution in [2.45, 2.75) is 247 Å². The number of ether oxygens (including phenoxy) is 2. The van der Waals surface area contributed by atoms with Crippen molar-refractivity contribution in [3.8, 4) is 0 Å². The van der Waals surface area contributed by atoms with Crippen molar-refractivity contribution >= 4 is 0 Å². The molecular formula is C42H77F4NO8. The molecule has 1 saturated heterocycles. The van der Waals surface area contributed by atoms with Gasteiger partial charge in [0.25, 0.3) is 0 Å². The molecule has 326 valence electrons. The summed E-state index contributed by atoms with van der Waals surface area (Å²) in [6, 6.07) is -3.39. The molecule has 0 aromatic rings. The second-order valence-electron chi connectivity index (χ2n) is 17.5. The number of halogens is 4. The zero-order valence-corrected chi connectivity index (χ0v) is 33.7. The number of nitrogens with one attached hydrogen (secondary N) is 1. The fourth-order valence-electron chi connectivity index (χ4n) is 9.09. The van der Waals surface area contributed by atoms with E-state index in [9.17, 15) is 48.2 Å². The highest BCUT2D eigenvalue weighted by Gasteiger charge is 2.68. The zero-order chi connectivity index (χ0) is 40.3. The molecule has 0 spiro atoms. The van der Waals surface area contributed by atoms with Gasteiger partial charge in [0.2, 0.25) is 0 Å². The number of aliphatic hydroxyl groups excluding tert-OH is 6. The van der Waals surface area contributed by atoms with Crippen molar-refractivity contribution < 1.29 is 57.7 Å². The first kappa shape index (κ1) is 48.7. The van der Waals surface area contributed by atoms with Gasteiger partial charge in [0.15, 0.2) is 6.29 Å². The van der Waals surface area contributed by atoms with E-state index in [1.165, 1.54) is 44.9 Å². The Bertz CT molecular complexity index is 989. The molecule has 0 amide bonds. The standard InChI is InChI=1S/C42H77F4NO8/c1-2-3-4-5-6-7-8-9-11-14-17-20-23-32(49)35(50)31(27-54-39-38(53)37(52)36(51)33(26-48)55-39)47-34(42(44,45)46)24-21-18-15-12-10-13-16-19-22-25-40-28-41(43,29-40)30-40/h31-39,47-53H,2-30H2,1H3/t31-,32+,33?,34-,35-,36?,37?,38?,39?,40?,41?/m0/s1. The Balaban J connectivity index is 1.41. The second-order valence-corrected chi connectivity index (χ2v) is 17.5. The first-order valence-electron chi connectivity index (χ1n) is 22.0. The van der Waals surface area contributed by atoms with Gasteiger partial charge < -0.3 is 40.1 Å². The summed E-state index contributed by atoms with van der Waals surface area (Å²) >= 11 is 0. The van der Waals surface area contributed by atoms with Crippen LogP contribution in [0.1, 0.15) is 180 Å². The minimum absolute atomic E-state index is 0.189. The van der Waals surface area contributed by atoms with Crippen LogP contribution in [0.5, 0.6) is 0 Å². The first-order valence-corrected chi connectivity index (χ1v) is 22.0. The van der Waals surface area contributed by atoms with E-state index >= 15 is 0 Å². The van der Waals surface area contributed by atoms with Gasteiger partial charge in [-0.2, -0.15) is 13.2 Å². The Morgan fingerprint density at radius 2 is 1.16 bits per heavy atom. The molecule has 0 aromatic carbocycles. The quantitative estimate of drug-likeness (QED) is 0.0262. The topological polar surface area (TPSA) is 152 Å². The third-order valence-electron chi connectivity index (χ3n) is 12.5. The maximum Gasteiger partial charge on any atom is 0.403 e. The highest BCUT2D eigenvalue weighted by atomic mass is 19.4. The van der Waals surface area contributed by atoms with Crippen LogP contribution in [-0.4, -0.2) is 111 Å². The summed E-state index contributed by atoms with van der Waals surface area (Å²) < 4.78 is 67.7. The number of unbranched alkanes of at least 4 members (excludes halogenated alkanes) is 19. The lowest BCUT2D eigenvalue weighted by molar-refractivity contribution is -0.303. The normalized spacial score (nSPS) is 30.1. The fraction of sp³-hybridized carbons (Fsp3) is 1.00. The van der Waals surface area contributed by atoms with Crippen LogP contribution in [0.3, 0.4) is 0 Å². The molecule has 7 N–H and O–H groups in total. The number of aliphatic hydroxyl groups is 6. The van der Waals surface area contributed by atoms with Crippen LogP contribution < -0.4 is 5.32 Å². The van der Waals surface area contributed by atoms with Gasteiger partial charge >= 0.3 is 6.18 Å². The van der Waals surface area contributed by atoms with Crippen LogP contribution in [0.15, 0.2) is 0 Å². The van der Waals surface area contributed by atoms with Crippen molar-refractivity contribution in [3.05, 3.63) is 0 Å². The molecule has 4 aliphatic rings. The van der Waals surface area contributed by atoms with E-state index in [1.54, 1.807) is 0 Å². The predicted molar refractivity (Wildman–Crippen MR) is 205 cm³/mol. The van der Waals surface area contributed by atoms with E-state index in [1.807, 2.05) is 0 Å². The molecule has 4 fully saturated rings. The van der Waals surface area contributed by atoms with Gasteiger partial charge in [-0.3, -0.25) is 5.32 Å². The molecular weight excluding hydrogens is 722 g/mol. The van der Waals surface area contributed by atoms with Crippen LogP contribution in [0.2, 0.25) is 0 Å². The smallest absolute Gasteiger partial charge is 0.394 e. The van der Waals surface area contributed by atoms with Crippen molar-refractivity contribution in [1.82, 2.24) is 5.32 Å². The Morgan fingerprint density at radius 3 is 1.64 bits per heavy atom. The molecule has 5 unspecified atom stereocenters. The third kappa shape index (κ3) is 16.9. The van der Waals surface area contributed by atoms with E-state index in [2.05, 4.69) is 12.2 Å². The van der Waals surface area contributed by atoms with Gasteiger partial charge in [0.1, 0.15) is 36.1 Å². The largest absolute Gasteiger partial charge is 0.403 e. The molecule has 0 aromatic heterocycles. The molecule has 2 bridgehead atoms. The van der Waals surface area contributed by atoms with Crippen LogP contribution in [0, 0.1) is 5.41 Å². The van der Waals surface area contributed by atoms with Gasteiger partial charge in [-0.05, 0) is 43.9 Å². The first-order chi connectivity index (χ1) is 26.2. The second kappa shape index (κ2) is 25.1. The number of alkyl halides is 4. The molecule has 4 rings (SSSR count). The number of hydrogen-bond acceptors (Lipinski definition) is 9. The van der Waals surface area contributed by atoms with Crippen LogP contribution in [0.4, 0.5) is 17.6 Å². The van der Waals surface area contributed by atoms with Crippen LogP contribution >= 0.6 is 0 Å². The predicted octanol–water partition coefficient (Wildman–Crippen LogP) is 7.69. The summed E-state index contributed by atoms with van der Waals surface area (Å²) in [7, 11) is 0. The SMILES string of the molecule is CCCCCCCCCCCCCC[C@@H](O)[C@@H](O)[C@H](COC1OC(CO)C(O)C(O)C1O)N[C@@H](CCCCCCCCCCCC12CC(F)(C1)C2)C(F)(F)F. The molecule has 9 nitrogen and oxygen atoms in total. The summed E-state index contributed by atoms with van der Waals surface area (Å²) in [6.07, 6.45) is 9.36. The maximum absolute atomic E-state index is 14.3. The van der Waals surface area contributed by atoms with Gasteiger partial charge in [-0.25, -0.2) is 4.39 Å². The Labute approximate surface area is 328 Å².